The van der Waals surface area contributed by atoms with Gasteiger partial charge in [0.05, 0.1) is 10.7 Å². The van der Waals surface area contributed by atoms with Crippen LogP contribution >= 0.6 is 11.6 Å². The summed E-state index contributed by atoms with van der Waals surface area (Å²) in [6.07, 6.45) is 0. The van der Waals surface area contributed by atoms with Crippen molar-refractivity contribution >= 4 is 17.3 Å². The molecule has 3 heteroatoms. The highest BCUT2D eigenvalue weighted by Crippen LogP contribution is 2.33. The van der Waals surface area contributed by atoms with E-state index in [1.54, 1.807) is 0 Å². The van der Waals surface area contributed by atoms with Crippen LogP contribution in [0.25, 0.3) is 0 Å². The number of hydrogen-bond donors (Lipinski definition) is 1. The second-order valence-corrected chi connectivity index (χ2v) is 7.08. The van der Waals surface area contributed by atoms with Gasteiger partial charge in [0.1, 0.15) is 0 Å². The Labute approximate surface area is 128 Å². The Bertz CT molecular complexity index is 435. The summed E-state index contributed by atoms with van der Waals surface area (Å²) in [6.45, 7) is 13.3. The summed E-state index contributed by atoms with van der Waals surface area (Å²) in [6, 6.07) is 6.49. The van der Waals surface area contributed by atoms with E-state index >= 15 is 0 Å². The van der Waals surface area contributed by atoms with E-state index in [1.165, 1.54) is 11.3 Å². The number of halogens is 1. The fraction of sp³-hybridized carbons (Fsp3) is 0.647. The summed E-state index contributed by atoms with van der Waals surface area (Å²) < 4.78 is 0. The number of rotatable bonds is 5. The predicted molar refractivity (Wildman–Crippen MR) is 88.5 cm³/mol. The van der Waals surface area contributed by atoms with Gasteiger partial charge in [-0.05, 0) is 42.0 Å². The lowest BCUT2D eigenvalue weighted by atomic mass is 10.0. The van der Waals surface area contributed by atoms with E-state index in [0.717, 1.165) is 43.0 Å². The van der Waals surface area contributed by atoms with Crippen molar-refractivity contribution < 1.29 is 0 Å². The molecule has 1 fully saturated rings. The van der Waals surface area contributed by atoms with Crippen LogP contribution in [0.2, 0.25) is 5.02 Å². The van der Waals surface area contributed by atoms with Crippen molar-refractivity contribution in [1.82, 2.24) is 5.32 Å². The Balaban J connectivity index is 1.99. The van der Waals surface area contributed by atoms with Gasteiger partial charge in [-0.15, -0.1) is 0 Å². The molecule has 2 atom stereocenters. The van der Waals surface area contributed by atoms with Gasteiger partial charge in [-0.25, -0.2) is 0 Å². The van der Waals surface area contributed by atoms with Crippen molar-refractivity contribution in [3.05, 3.63) is 28.8 Å². The minimum absolute atomic E-state index is 0.678. The van der Waals surface area contributed by atoms with Crippen LogP contribution in [0.3, 0.4) is 0 Å². The van der Waals surface area contributed by atoms with Crippen molar-refractivity contribution in [3.63, 3.8) is 0 Å². The third kappa shape index (κ3) is 3.89. The first-order valence-corrected chi connectivity index (χ1v) is 8.09. The largest absolute Gasteiger partial charge is 0.370 e. The molecule has 112 valence electrons. The van der Waals surface area contributed by atoms with Gasteiger partial charge in [-0.3, -0.25) is 0 Å². The Morgan fingerprint density at radius 3 is 2.45 bits per heavy atom. The molecule has 0 spiro atoms. The van der Waals surface area contributed by atoms with Gasteiger partial charge in [-0.1, -0.05) is 45.4 Å². The highest BCUT2D eigenvalue weighted by molar-refractivity contribution is 6.33. The molecule has 1 aromatic rings. The molecule has 1 aromatic carbocycles. The average molecular weight is 295 g/mol. The van der Waals surface area contributed by atoms with E-state index in [4.69, 9.17) is 11.6 Å². The van der Waals surface area contributed by atoms with Crippen LogP contribution in [0, 0.1) is 17.8 Å². The molecular weight excluding hydrogens is 268 g/mol. The smallest absolute Gasteiger partial charge is 0.0642 e. The van der Waals surface area contributed by atoms with Crippen molar-refractivity contribution in [2.75, 3.05) is 24.5 Å². The normalized spacial score (nSPS) is 22.8. The van der Waals surface area contributed by atoms with Gasteiger partial charge < -0.3 is 10.2 Å². The topological polar surface area (TPSA) is 15.3 Å². The van der Waals surface area contributed by atoms with Crippen molar-refractivity contribution in [2.45, 2.75) is 34.2 Å². The van der Waals surface area contributed by atoms with Crippen molar-refractivity contribution in [1.29, 1.82) is 0 Å². The van der Waals surface area contributed by atoms with Gasteiger partial charge in [-0.2, -0.15) is 0 Å². The molecular formula is C17H27ClN2. The molecule has 0 aliphatic carbocycles. The maximum atomic E-state index is 6.48. The van der Waals surface area contributed by atoms with E-state index in [1.807, 2.05) is 0 Å². The molecule has 0 aromatic heterocycles. The fourth-order valence-corrected chi connectivity index (χ4v) is 3.07. The number of anilines is 1. The molecule has 0 radical (unpaired) electrons. The van der Waals surface area contributed by atoms with Gasteiger partial charge >= 0.3 is 0 Å². The predicted octanol–water partition coefficient (Wildman–Crippen LogP) is 4.18. The van der Waals surface area contributed by atoms with Crippen LogP contribution in [-0.2, 0) is 6.54 Å². The average Bonchev–Trinajstić information content (AvgIpc) is 2.69. The van der Waals surface area contributed by atoms with Crippen molar-refractivity contribution in [3.8, 4) is 0 Å². The van der Waals surface area contributed by atoms with Gasteiger partial charge in [0, 0.05) is 19.6 Å². The monoisotopic (exact) mass is 294 g/mol. The maximum Gasteiger partial charge on any atom is 0.0642 e. The molecule has 1 saturated heterocycles. The van der Waals surface area contributed by atoms with Crippen molar-refractivity contribution in [2.24, 2.45) is 17.8 Å². The molecule has 1 heterocycles. The zero-order valence-electron chi connectivity index (χ0n) is 13.1. The van der Waals surface area contributed by atoms with Crippen LogP contribution in [-0.4, -0.2) is 19.6 Å². The van der Waals surface area contributed by atoms with Gasteiger partial charge in [0.2, 0.25) is 0 Å². The molecule has 2 rings (SSSR count). The van der Waals surface area contributed by atoms with Gasteiger partial charge in [0.25, 0.3) is 0 Å². The molecule has 20 heavy (non-hydrogen) atoms. The summed E-state index contributed by atoms with van der Waals surface area (Å²) in [5, 5.41) is 4.34. The van der Waals surface area contributed by atoms with E-state index in [-0.39, 0.29) is 0 Å². The van der Waals surface area contributed by atoms with Gasteiger partial charge in [0.15, 0.2) is 0 Å². The molecule has 2 nitrogen and oxygen atoms in total. The first-order chi connectivity index (χ1) is 9.47. The third-order valence-electron chi connectivity index (χ3n) is 4.22. The second-order valence-electron chi connectivity index (χ2n) is 6.67. The molecule has 0 bridgehead atoms. The quantitative estimate of drug-likeness (QED) is 0.876. The first kappa shape index (κ1) is 15.7. The standard InChI is InChI=1S/C17H27ClN2/c1-12(2)8-19-9-15-5-6-17(16(18)7-15)20-10-13(3)14(4)11-20/h5-7,12-14,19H,8-11H2,1-4H3. The third-order valence-corrected chi connectivity index (χ3v) is 4.53. The minimum Gasteiger partial charge on any atom is -0.370 e. The lowest BCUT2D eigenvalue weighted by Gasteiger charge is -2.20. The Morgan fingerprint density at radius 1 is 1.25 bits per heavy atom. The fourth-order valence-electron chi connectivity index (χ4n) is 2.75. The summed E-state index contributed by atoms with van der Waals surface area (Å²) in [7, 11) is 0. The maximum absolute atomic E-state index is 6.48. The summed E-state index contributed by atoms with van der Waals surface area (Å²) in [4.78, 5) is 2.42. The second kappa shape index (κ2) is 6.82. The Kier molecular flexibility index (Phi) is 5.34. The van der Waals surface area contributed by atoms with E-state index in [0.29, 0.717) is 5.92 Å². The molecule has 2 unspecified atom stereocenters. The lowest BCUT2D eigenvalue weighted by molar-refractivity contribution is 0.494. The first-order valence-electron chi connectivity index (χ1n) is 7.71. The molecule has 1 aliphatic heterocycles. The number of hydrogen-bond acceptors (Lipinski definition) is 2. The summed E-state index contributed by atoms with van der Waals surface area (Å²) >= 11 is 6.48. The lowest BCUT2D eigenvalue weighted by Crippen LogP contribution is -2.21. The van der Waals surface area contributed by atoms with Crippen LogP contribution in [0.4, 0.5) is 5.69 Å². The number of nitrogens with zero attached hydrogens (tertiary/aromatic N) is 1. The number of benzene rings is 1. The minimum atomic E-state index is 0.678. The highest BCUT2D eigenvalue weighted by Gasteiger charge is 2.27. The van der Waals surface area contributed by atoms with E-state index in [2.05, 4.69) is 56.1 Å². The van der Waals surface area contributed by atoms with Crippen LogP contribution in [0.5, 0.6) is 0 Å². The highest BCUT2D eigenvalue weighted by atomic mass is 35.5. The SMILES string of the molecule is CC(C)CNCc1ccc(N2CC(C)C(C)C2)c(Cl)c1. The zero-order valence-corrected chi connectivity index (χ0v) is 13.9. The zero-order chi connectivity index (χ0) is 14.7. The van der Waals surface area contributed by atoms with Crippen LogP contribution in [0.1, 0.15) is 33.3 Å². The Morgan fingerprint density at radius 2 is 1.90 bits per heavy atom. The summed E-state index contributed by atoms with van der Waals surface area (Å²) in [5.41, 5.74) is 2.45. The molecule has 1 aliphatic rings. The molecule has 0 amide bonds. The molecule has 0 saturated carbocycles. The Hall–Kier alpha value is -0.730. The van der Waals surface area contributed by atoms with Crippen LogP contribution in [0.15, 0.2) is 18.2 Å². The van der Waals surface area contributed by atoms with E-state index in [9.17, 15) is 0 Å². The van der Waals surface area contributed by atoms with E-state index < -0.39 is 0 Å². The number of nitrogens with one attached hydrogen (secondary N) is 1. The summed E-state index contributed by atoms with van der Waals surface area (Å²) in [5.74, 6) is 2.18. The van der Waals surface area contributed by atoms with Crippen LogP contribution < -0.4 is 10.2 Å². The molecule has 1 N–H and O–H groups in total.